The molecule has 3 rings (SSSR count). The van der Waals surface area contributed by atoms with Crippen LogP contribution in [-0.2, 0) is 11.4 Å². The van der Waals surface area contributed by atoms with E-state index < -0.39 is 5.91 Å². The third kappa shape index (κ3) is 6.28. The van der Waals surface area contributed by atoms with Gasteiger partial charge in [0, 0.05) is 15.9 Å². The normalized spacial score (nSPS) is 11.1. The summed E-state index contributed by atoms with van der Waals surface area (Å²) in [6.07, 6.45) is 1.52. The van der Waals surface area contributed by atoms with Crippen LogP contribution in [0.15, 0.2) is 63.0 Å². The van der Waals surface area contributed by atoms with Crippen LogP contribution in [0.4, 0.5) is 0 Å². The zero-order valence-electron chi connectivity index (χ0n) is 18.5. The number of nitriles is 1. The van der Waals surface area contributed by atoms with Gasteiger partial charge in [-0.15, -0.1) is 0 Å². The van der Waals surface area contributed by atoms with Crippen LogP contribution < -0.4 is 14.9 Å². The minimum atomic E-state index is -0.496. The lowest BCUT2D eigenvalue weighted by Gasteiger charge is -2.15. The molecule has 1 amide bonds. The Morgan fingerprint density at radius 2 is 1.76 bits per heavy atom. The number of aryl methyl sites for hydroxylation is 2. The maximum absolute atomic E-state index is 12.7. The van der Waals surface area contributed by atoms with Gasteiger partial charge in [0.25, 0.3) is 5.91 Å². The highest BCUT2D eigenvalue weighted by molar-refractivity contribution is 9.10. The lowest BCUT2D eigenvalue weighted by Crippen LogP contribution is -2.25. The molecule has 0 bridgehead atoms. The van der Waals surface area contributed by atoms with Gasteiger partial charge < -0.3 is 9.47 Å². The number of aromatic nitrogens is 1. The predicted molar refractivity (Wildman–Crippen MR) is 136 cm³/mol. The first-order valence-corrected chi connectivity index (χ1v) is 11.8. The van der Waals surface area contributed by atoms with Crippen molar-refractivity contribution in [2.24, 2.45) is 0 Å². The fourth-order valence-corrected chi connectivity index (χ4v) is 3.97. The number of hydrogen-bond acceptors (Lipinski definition) is 4. The van der Waals surface area contributed by atoms with Gasteiger partial charge in [-0.2, -0.15) is 5.26 Å². The molecule has 0 saturated heterocycles. The fourth-order valence-electron chi connectivity index (χ4n) is 3.13. The summed E-state index contributed by atoms with van der Waals surface area (Å²) in [5.74, 6) is 0.577. The number of nitrogens with zero attached hydrogens (tertiary/aromatic N) is 2. The molecule has 8 heteroatoms. The minimum absolute atomic E-state index is 0.0274. The first kappa shape index (κ1) is 24.6. The largest absolute Gasteiger partial charge is 0.490 e. The van der Waals surface area contributed by atoms with E-state index >= 15 is 0 Å². The van der Waals surface area contributed by atoms with E-state index in [0.29, 0.717) is 34.7 Å². The number of rotatable bonds is 8. The molecule has 1 heterocycles. The summed E-state index contributed by atoms with van der Waals surface area (Å²) in [6, 6.07) is 17.2. The number of carbonyl (C=O) groups excluding carboxylic acids is 1. The van der Waals surface area contributed by atoms with Crippen LogP contribution in [0.25, 0.3) is 6.08 Å². The van der Waals surface area contributed by atoms with Crippen molar-refractivity contribution in [1.82, 2.24) is 4.68 Å². The van der Waals surface area contributed by atoms with E-state index in [4.69, 9.17) is 9.47 Å². The summed E-state index contributed by atoms with van der Waals surface area (Å²) in [5.41, 5.74) is 6.10. The molecule has 0 atom stereocenters. The third-order valence-corrected chi connectivity index (χ3v) is 5.91. The smallest absolute Gasteiger partial charge is 0.280 e. The summed E-state index contributed by atoms with van der Waals surface area (Å²) in [4.78, 5) is 12.7. The molecule has 33 heavy (non-hydrogen) atoms. The number of nitrogens with one attached hydrogen (secondary N) is 1. The Morgan fingerprint density at radius 3 is 2.36 bits per heavy atom. The zero-order valence-corrected chi connectivity index (χ0v) is 21.7. The first-order chi connectivity index (χ1) is 15.8. The molecule has 170 valence electrons. The van der Waals surface area contributed by atoms with E-state index in [-0.39, 0.29) is 5.57 Å². The van der Waals surface area contributed by atoms with Gasteiger partial charge in [0.1, 0.15) is 18.2 Å². The summed E-state index contributed by atoms with van der Waals surface area (Å²) >= 11 is 6.97. The zero-order chi connectivity index (χ0) is 24.0. The van der Waals surface area contributed by atoms with Crippen LogP contribution in [0.1, 0.15) is 29.4 Å². The third-order valence-electron chi connectivity index (χ3n) is 4.79. The van der Waals surface area contributed by atoms with Crippen LogP contribution in [0.2, 0.25) is 0 Å². The first-order valence-electron chi connectivity index (χ1n) is 10.2. The molecule has 2 aromatic carbocycles. The summed E-state index contributed by atoms with van der Waals surface area (Å²) < 4.78 is 15.1. The summed E-state index contributed by atoms with van der Waals surface area (Å²) in [7, 11) is 0. The van der Waals surface area contributed by atoms with Crippen molar-refractivity contribution in [3.05, 3.63) is 85.6 Å². The van der Waals surface area contributed by atoms with Crippen LogP contribution in [0, 0.1) is 25.2 Å². The lowest BCUT2D eigenvalue weighted by molar-refractivity contribution is -0.113. The number of amides is 1. The van der Waals surface area contributed by atoms with E-state index in [9.17, 15) is 10.1 Å². The van der Waals surface area contributed by atoms with E-state index in [0.717, 1.165) is 21.4 Å². The van der Waals surface area contributed by atoms with E-state index in [1.165, 1.54) is 6.08 Å². The molecular formula is C25H23Br2N3O3. The van der Waals surface area contributed by atoms with Crippen molar-refractivity contribution < 1.29 is 14.3 Å². The van der Waals surface area contributed by atoms with Crippen molar-refractivity contribution >= 4 is 43.8 Å². The molecule has 3 aromatic rings. The van der Waals surface area contributed by atoms with Crippen molar-refractivity contribution in [3.63, 3.8) is 0 Å². The van der Waals surface area contributed by atoms with E-state index in [1.54, 1.807) is 16.8 Å². The van der Waals surface area contributed by atoms with Crippen molar-refractivity contribution in [3.8, 4) is 17.6 Å². The SMILES string of the molecule is CCOc1cc(/C=C(/C#N)C(=O)Nn2c(C)ccc2C)cc(Br)c1OCc1ccc(Br)cc1. The van der Waals surface area contributed by atoms with Gasteiger partial charge >= 0.3 is 0 Å². The molecule has 1 aromatic heterocycles. The van der Waals surface area contributed by atoms with Crippen LogP contribution in [0.3, 0.4) is 0 Å². The van der Waals surface area contributed by atoms with Crippen LogP contribution in [-0.4, -0.2) is 17.2 Å². The van der Waals surface area contributed by atoms with Crippen molar-refractivity contribution in [2.45, 2.75) is 27.4 Å². The van der Waals surface area contributed by atoms with Gasteiger partial charge in [-0.3, -0.25) is 14.9 Å². The molecule has 0 unspecified atom stereocenters. The van der Waals surface area contributed by atoms with Gasteiger partial charge in [-0.05, 0) is 90.3 Å². The Labute approximate surface area is 210 Å². The monoisotopic (exact) mass is 571 g/mol. The molecule has 6 nitrogen and oxygen atoms in total. The second-order valence-electron chi connectivity index (χ2n) is 7.24. The number of carbonyl (C=O) groups is 1. The second kappa shape index (κ2) is 11.2. The van der Waals surface area contributed by atoms with Gasteiger partial charge in [-0.1, -0.05) is 28.1 Å². The highest BCUT2D eigenvalue weighted by Crippen LogP contribution is 2.38. The quantitative estimate of drug-likeness (QED) is 0.254. The van der Waals surface area contributed by atoms with Crippen LogP contribution in [0.5, 0.6) is 11.5 Å². The molecular weight excluding hydrogens is 550 g/mol. The van der Waals surface area contributed by atoms with Gasteiger partial charge in [0.05, 0.1) is 11.1 Å². The highest BCUT2D eigenvalue weighted by atomic mass is 79.9. The topological polar surface area (TPSA) is 76.3 Å². The Balaban J connectivity index is 1.85. The molecule has 0 spiro atoms. The number of ether oxygens (including phenoxy) is 2. The standard InChI is InChI=1S/C25H23Br2N3O3/c1-4-32-23-13-19(11-20(14-28)25(31)29-30-16(2)5-6-17(30)3)12-22(27)24(23)33-15-18-7-9-21(26)10-8-18/h5-13H,4,15H2,1-3H3,(H,29,31)/b20-11-. The lowest BCUT2D eigenvalue weighted by atomic mass is 10.1. The molecule has 0 aliphatic heterocycles. The number of halogens is 2. The number of benzene rings is 2. The molecule has 0 fully saturated rings. The molecule has 0 aliphatic rings. The molecule has 0 radical (unpaired) electrons. The maximum Gasteiger partial charge on any atom is 0.280 e. The van der Waals surface area contributed by atoms with Gasteiger partial charge in [0.15, 0.2) is 11.5 Å². The van der Waals surface area contributed by atoms with Crippen LogP contribution >= 0.6 is 31.9 Å². The Bertz CT molecular complexity index is 1210. The molecule has 0 aliphatic carbocycles. The molecule has 1 N–H and O–H groups in total. The average Bonchev–Trinajstić information content (AvgIpc) is 3.10. The van der Waals surface area contributed by atoms with E-state index in [2.05, 4.69) is 37.3 Å². The highest BCUT2D eigenvalue weighted by Gasteiger charge is 2.15. The Hall–Kier alpha value is -3.02. The van der Waals surface area contributed by atoms with E-state index in [1.807, 2.05) is 63.2 Å². The summed E-state index contributed by atoms with van der Waals surface area (Å²) in [6.45, 7) is 6.43. The Morgan fingerprint density at radius 1 is 1.09 bits per heavy atom. The van der Waals surface area contributed by atoms with Gasteiger partial charge in [0.2, 0.25) is 0 Å². The predicted octanol–water partition coefficient (Wildman–Crippen LogP) is 6.28. The van der Waals surface area contributed by atoms with Crippen molar-refractivity contribution in [1.29, 1.82) is 5.26 Å². The van der Waals surface area contributed by atoms with Crippen molar-refractivity contribution in [2.75, 3.05) is 12.0 Å². The number of hydrogen-bond donors (Lipinski definition) is 1. The summed E-state index contributed by atoms with van der Waals surface area (Å²) in [5, 5.41) is 9.59. The molecule has 0 saturated carbocycles. The van der Waals surface area contributed by atoms with Gasteiger partial charge in [-0.25, -0.2) is 0 Å². The average molecular weight is 573 g/mol. The maximum atomic E-state index is 12.7. The Kier molecular flexibility index (Phi) is 8.37. The minimum Gasteiger partial charge on any atom is -0.490 e. The fraction of sp³-hybridized carbons (Fsp3) is 0.200. The second-order valence-corrected chi connectivity index (χ2v) is 9.01.